The maximum absolute atomic E-state index is 13.8. The van der Waals surface area contributed by atoms with Gasteiger partial charge in [0.2, 0.25) is 0 Å². The van der Waals surface area contributed by atoms with Crippen molar-refractivity contribution in [2.24, 2.45) is 0 Å². The average Bonchev–Trinajstić information content (AvgIpc) is 3.49. The molecule has 32 heavy (non-hydrogen) atoms. The SMILES string of the molecule is C[C@@H]1CCCCN1C(=O)c1cc(NC(=O)c2ccccc2)cc2ncn(C3CCCC3)c12. The molecule has 0 radical (unpaired) electrons. The Morgan fingerprint density at radius 2 is 1.75 bits per heavy atom. The summed E-state index contributed by atoms with van der Waals surface area (Å²) < 4.78 is 2.20. The first kappa shape index (κ1) is 20.7. The molecule has 1 aromatic heterocycles. The summed E-state index contributed by atoms with van der Waals surface area (Å²) in [4.78, 5) is 33.2. The number of fused-ring (bicyclic) bond motifs is 1. The Balaban J connectivity index is 1.56. The minimum absolute atomic E-state index is 0.0396. The molecule has 5 rings (SSSR count). The number of hydrogen-bond donors (Lipinski definition) is 1. The lowest BCUT2D eigenvalue weighted by Crippen LogP contribution is -2.42. The van der Waals surface area contributed by atoms with E-state index in [1.54, 1.807) is 12.1 Å². The molecule has 1 N–H and O–H groups in total. The summed E-state index contributed by atoms with van der Waals surface area (Å²) in [7, 11) is 0. The first-order valence-electron chi connectivity index (χ1n) is 11.8. The molecule has 2 aromatic carbocycles. The number of hydrogen-bond acceptors (Lipinski definition) is 3. The van der Waals surface area contributed by atoms with Gasteiger partial charge in [-0.3, -0.25) is 9.59 Å². The fraction of sp³-hybridized carbons (Fsp3) is 0.423. The van der Waals surface area contributed by atoms with Crippen LogP contribution in [0.2, 0.25) is 0 Å². The Bertz CT molecular complexity index is 1130. The molecule has 2 fully saturated rings. The molecule has 6 nitrogen and oxygen atoms in total. The van der Waals surface area contributed by atoms with Crippen molar-refractivity contribution in [1.82, 2.24) is 14.5 Å². The van der Waals surface area contributed by atoms with Crippen molar-refractivity contribution in [2.45, 2.75) is 64.0 Å². The van der Waals surface area contributed by atoms with Gasteiger partial charge >= 0.3 is 0 Å². The first-order chi connectivity index (χ1) is 15.6. The summed E-state index contributed by atoms with van der Waals surface area (Å²) in [6, 6.07) is 13.5. The van der Waals surface area contributed by atoms with E-state index in [2.05, 4.69) is 21.8 Å². The number of carbonyl (C=O) groups is 2. The Kier molecular flexibility index (Phi) is 5.68. The molecular weight excluding hydrogens is 400 g/mol. The molecule has 1 saturated heterocycles. The van der Waals surface area contributed by atoms with Gasteiger partial charge in [0.15, 0.2) is 0 Å². The third kappa shape index (κ3) is 3.90. The van der Waals surface area contributed by atoms with Crippen molar-refractivity contribution in [1.29, 1.82) is 0 Å². The smallest absolute Gasteiger partial charge is 0.256 e. The lowest BCUT2D eigenvalue weighted by Gasteiger charge is -2.34. The summed E-state index contributed by atoms with van der Waals surface area (Å²) in [6.45, 7) is 2.91. The molecule has 0 bridgehead atoms. The van der Waals surface area contributed by atoms with E-state index in [1.807, 2.05) is 41.6 Å². The highest BCUT2D eigenvalue weighted by Gasteiger charge is 2.29. The highest BCUT2D eigenvalue weighted by molar-refractivity contribution is 6.09. The van der Waals surface area contributed by atoms with Gasteiger partial charge in [-0.15, -0.1) is 0 Å². The molecule has 1 aliphatic carbocycles. The van der Waals surface area contributed by atoms with E-state index in [4.69, 9.17) is 0 Å². The fourth-order valence-electron chi connectivity index (χ4n) is 5.21. The first-order valence-corrected chi connectivity index (χ1v) is 11.8. The maximum atomic E-state index is 13.8. The number of likely N-dealkylation sites (tertiary alicyclic amines) is 1. The number of aromatic nitrogens is 2. The molecule has 3 aromatic rings. The van der Waals surface area contributed by atoms with Gasteiger partial charge in [0.25, 0.3) is 11.8 Å². The van der Waals surface area contributed by atoms with Gasteiger partial charge in [-0.2, -0.15) is 0 Å². The maximum Gasteiger partial charge on any atom is 0.256 e. The van der Waals surface area contributed by atoms with Crippen LogP contribution < -0.4 is 5.32 Å². The Morgan fingerprint density at radius 1 is 1.00 bits per heavy atom. The number of imidazole rings is 1. The van der Waals surface area contributed by atoms with Gasteiger partial charge in [0.05, 0.1) is 22.9 Å². The second kappa shape index (κ2) is 8.77. The van der Waals surface area contributed by atoms with Crippen LogP contribution in [0.3, 0.4) is 0 Å². The number of anilines is 1. The van der Waals surface area contributed by atoms with Gasteiger partial charge < -0.3 is 14.8 Å². The zero-order valence-electron chi connectivity index (χ0n) is 18.6. The zero-order chi connectivity index (χ0) is 22.1. The highest BCUT2D eigenvalue weighted by atomic mass is 16.2. The Hall–Kier alpha value is -3.15. The van der Waals surface area contributed by atoms with E-state index in [0.29, 0.717) is 22.9 Å². The number of nitrogens with zero attached hydrogens (tertiary/aromatic N) is 3. The van der Waals surface area contributed by atoms with Crippen molar-refractivity contribution in [2.75, 3.05) is 11.9 Å². The summed E-state index contributed by atoms with van der Waals surface area (Å²) >= 11 is 0. The molecule has 1 atom stereocenters. The van der Waals surface area contributed by atoms with E-state index in [-0.39, 0.29) is 17.9 Å². The van der Waals surface area contributed by atoms with Gasteiger partial charge in [-0.05, 0) is 63.3 Å². The minimum Gasteiger partial charge on any atom is -0.336 e. The molecular formula is C26H30N4O2. The monoisotopic (exact) mass is 430 g/mol. The third-order valence-electron chi connectivity index (χ3n) is 6.98. The van der Waals surface area contributed by atoms with Gasteiger partial charge in [0.1, 0.15) is 0 Å². The molecule has 1 aliphatic heterocycles. The van der Waals surface area contributed by atoms with Crippen LogP contribution in [0.1, 0.15) is 78.6 Å². The van der Waals surface area contributed by atoms with Gasteiger partial charge in [-0.25, -0.2) is 4.98 Å². The number of nitrogens with one attached hydrogen (secondary N) is 1. The third-order valence-corrected chi connectivity index (χ3v) is 6.98. The molecule has 0 spiro atoms. The second-order valence-electron chi connectivity index (χ2n) is 9.15. The van der Waals surface area contributed by atoms with E-state index >= 15 is 0 Å². The van der Waals surface area contributed by atoms with Gasteiger partial charge in [0, 0.05) is 29.9 Å². The van der Waals surface area contributed by atoms with Crippen LogP contribution in [-0.4, -0.2) is 38.9 Å². The normalized spacial score (nSPS) is 19.4. The number of piperidine rings is 1. The predicted octanol–water partition coefficient (Wildman–Crippen LogP) is 5.42. The van der Waals surface area contributed by atoms with Crippen LogP contribution in [0.15, 0.2) is 48.8 Å². The van der Waals surface area contributed by atoms with E-state index in [9.17, 15) is 9.59 Å². The van der Waals surface area contributed by atoms with E-state index in [0.717, 1.165) is 49.7 Å². The van der Waals surface area contributed by atoms with Crippen LogP contribution in [-0.2, 0) is 0 Å². The molecule has 6 heteroatoms. The van der Waals surface area contributed by atoms with Crippen molar-refractivity contribution < 1.29 is 9.59 Å². The molecule has 1 saturated carbocycles. The minimum atomic E-state index is -0.190. The molecule has 166 valence electrons. The van der Waals surface area contributed by atoms with Gasteiger partial charge in [-0.1, -0.05) is 31.0 Å². The van der Waals surface area contributed by atoms with Crippen LogP contribution in [0.5, 0.6) is 0 Å². The van der Waals surface area contributed by atoms with Crippen molar-refractivity contribution in [3.63, 3.8) is 0 Å². The van der Waals surface area contributed by atoms with Crippen molar-refractivity contribution in [3.8, 4) is 0 Å². The number of amides is 2. The molecule has 2 aliphatic rings. The van der Waals surface area contributed by atoms with Crippen LogP contribution in [0.4, 0.5) is 5.69 Å². The number of benzene rings is 2. The second-order valence-corrected chi connectivity index (χ2v) is 9.15. The summed E-state index contributed by atoms with van der Waals surface area (Å²) in [5, 5.41) is 2.98. The number of rotatable bonds is 4. The van der Waals surface area contributed by atoms with Crippen LogP contribution in [0, 0.1) is 0 Å². The summed E-state index contributed by atoms with van der Waals surface area (Å²) in [5.41, 5.74) is 3.50. The standard InChI is InChI=1S/C26H30N4O2/c1-18-9-7-8-14-29(18)26(32)22-15-20(28-25(31)19-10-3-2-4-11-19)16-23-24(22)30(17-27-23)21-12-5-6-13-21/h2-4,10-11,15-18,21H,5-9,12-14H2,1H3,(H,28,31)/t18-/m1/s1. The van der Waals surface area contributed by atoms with E-state index < -0.39 is 0 Å². The summed E-state index contributed by atoms with van der Waals surface area (Å²) in [5.74, 6) is -0.150. The lowest BCUT2D eigenvalue weighted by molar-refractivity contribution is 0.0637. The molecule has 0 unspecified atom stereocenters. The zero-order valence-corrected chi connectivity index (χ0v) is 18.6. The van der Waals surface area contributed by atoms with E-state index in [1.165, 1.54) is 12.8 Å². The average molecular weight is 431 g/mol. The Labute approximate surface area is 188 Å². The number of carbonyl (C=O) groups excluding carboxylic acids is 2. The largest absolute Gasteiger partial charge is 0.336 e. The summed E-state index contributed by atoms with van der Waals surface area (Å²) in [6.07, 6.45) is 9.75. The molecule has 2 amide bonds. The van der Waals surface area contributed by atoms with Crippen LogP contribution in [0.25, 0.3) is 11.0 Å². The van der Waals surface area contributed by atoms with Crippen molar-refractivity contribution >= 4 is 28.5 Å². The predicted molar refractivity (Wildman–Crippen MR) is 126 cm³/mol. The fourth-order valence-corrected chi connectivity index (χ4v) is 5.21. The highest BCUT2D eigenvalue weighted by Crippen LogP contribution is 2.35. The Morgan fingerprint density at radius 3 is 2.50 bits per heavy atom. The molecule has 2 heterocycles. The van der Waals surface area contributed by atoms with Crippen molar-refractivity contribution in [3.05, 3.63) is 59.9 Å². The topological polar surface area (TPSA) is 67.2 Å². The quantitative estimate of drug-likeness (QED) is 0.601. The lowest BCUT2D eigenvalue weighted by atomic mass is 10.0. The van der Waals surface area contributed by atoms with Crippen LogP contribution >= 0.6 is 0 Å².